The van der Waals surface area contributed by atoms with Crippen molar-refractivity contribution in [3.05, 3.63) is 34.6 Å². The van der Waals surface area contributed by atoms with Crippen LogP contribution in [-0.4, -0.2) is 39.8 Å². The Bertz CT molecular complexity index is 1170. The van der Waals surface area contributed by atoms with Gasteiger partial charge >= 0.3 is 5.97 Å². The van der Waals surface area contributed by atoms with Crippen LogP contribution in [0.1, 0.15) is 106 Å². The first-order valence-electron chi connectivity index (χ1n) is 14.8. The molecule has 2 fully saturated rings. The molecule has 0 saturated heterocycles. The van der Waals surface area contributed by atoms with Crippen LogP contribution in [-0.2, 0) is 16.1 Å². The summed E-state index contributed by atoms with van der Waals surface area (Å²) in [6.07, 6.45) is 16.8. The second-order valence-corrected chi connectivity index (χ2v) is 13.9. The van der Waals surface area contributed by atoms with E-state index in [1.54, 1.807) is 12.7 Å². The fraction of sp³-hybridized carbons (Fsp3) is 0.677. The van der Waals surface area contributed by atoms with Gasteiger partial charge in [0.05, 0.1) is 12.8 Å². The Morgan fingerprint density at radius 2 is 1.87 bits per heavy atom. The minimum atomic E-state index is -0.340. The van der Waals surface area contributed by atoms with Gasteiger partial charge in [0.25, 0.3) is 0 Å². The third-order valence-corrected chi connectivity index (χ3v) is 10.5. The maximum Gasteiger partial charge on any atom is 0.350 e. The van der Waals surface area contributed by atoms with E-state index in [-0.39, 0.29) is 23.8 Å². The molecule has 212 valence electrons. The standard InChI is InChI=1S/C31H44N4O3S/c1-21-5-9-24(10-6-21)29(36)35(25-11-7-22(8-12-25)18-34-20-32-19-33-34)26-17-27(39-28(26)30(37)38-4)23-13-15-31(2,3)16-14-23/h13,17,19-22,24-25H,5-12,14-16,18H2,1-4H3. The van der Waals surface area contributed by atoms with Crippen molar-refractivity contribution in [1.82, 2.24) is 14.8 Å². The average Bonchev–Trinajstić information content (AvgIpc) is 3.60. The summed E-state index contributed by atoms with van der Waals surface area (Å²) in [7, 11) is 1.44. The summed E-state index contributed by atoms with van der Waals surface area (Å²) < 4.78 is 7.18. The van der Waals surface area contributed by atoms with Crippen LogP contribution in [0.4, 0.5) is 5.69 Å². The molecule has 0 aliphatic heterocycles. The number of esters is 1. The minimum Gasteiger partial charge on any atom is -0.465 e. The first-order chi connectivity index (χ1) is 18.7. The molecule has 2 aromatic rings. The van der Waals surface area contributed by atoms with Gasteiger partial charge < -0.3 is 9.64 Å². The van der Waals surface area contributed by atoms with Crippen molar-refractivity contribution >= 4 is 34.5 Å². The lowest BCUT2D eigenvalue weighted by atomic mass is 9.78. The zero-order valence-corrected chi connectivity index (χ0v) is 24.8. The van der Waals surface area contributed by atoms with E-state index in [1.165, 1.54) is 24.0 Å². The number of carbonyl (C=O) groups is 2. The van der Waals surface area contributed by atoms with Crippen LogP contribution in [0, 0.1) is 23.2 Å². The first kappa shape index (κ1) is 28.1. The molecule has 39 heavy (non-hydrogen) atoms. The van der Waals surface area contributed by atoms with Crippen molar-refractivity contribution < 1.29 is 14.3 Å². The highest BCUT2D eigenvalue weighted by molar-refractivity contribution is 7.15. The fourth-order valence-electron chi connectivity index (χ4n) is 6.63. The number of thiophene rings is 1. The highest BCUT2D eigenvalue weighted by Gasteiger charge is 2.38. The summed E-state index contributed by atoms with van der Waals surface area (Å²) in [5.74, 6) is 1.08. The van der Waals surface area contributed by atoms with Gasteiger partial charge in [-0.3, -0.25) is 9.48 Å². The summed E-state index contributed by atoms with van der Waals surface area (Å²) >= 11 is 1.50. The molecular formula is C31H44N4O3S. The van der Waals surface area contributed by atoms with E-state index in [2.05, 4.69) is 43.0 Å². The van der Waals surface area contributed by atoms with Gasteiger partial charge in [-0.25, -0.2) is 9.78 Å². The summed E-state index contributed by atoms with van der Waals surface area (Å²) in [5.41, 5.74) is 2.38. The number of aromatic nitrogens is 3. The fourth-order valence-corrected chi connectivity index (χ4v) is 7.77. The van der Waals surface area contributed by atoms with Crippen molar-refractivity contribution in [1.29, 1.82) is 0 Å². The molecule has 0 spiro atoms. The van der Waals surface area contributed by atoms with Crippen molar-refractivity contribution in [2.24, 2.45) is 23.2 Å². The number of hydrogen-bond acceptors (Lipinski definition) is 6. The number of amides is 1. The molecule has 3 aliphatic rings. The summed E-state index contributed by atoms with van der Waals surface area (Å²) in [6, 6.07) is 2.22. The van der Waals surface area contributed by atoms with Crippen molar-refractivity contribution in [2.75, 3.05) is 12.0 Å². The normalized spacial score (nSPS) is 27.0. The van der Waals surface area contributed by atoms with E-state index in [1.807, 2.05) is 9.58 Å². The maximum atomic E-state index is 14.3. The van der Waals surface area contributed by atoms with E-state index < -0.39 is 0 Å². The molecule has 0 radical (unpaired) electrons. The molecule has 0 aromatic carbocycles. The van der Waals surface area contributed by atoms with E-state index in [9.17, 15) is 9.59 Å². The van der Waals surface area contributed by atoms with Crippen LogP contribution in [0.5, 0.6) is 0 Å². The molecule has 1 amide bonds. The van der Waals surface area contributed by atoms with Crippen molar-refractivity contribution in [3.63, 3.8) is 0 Å². The van der Waals surface area contributed by atoms with E-state index in [4.69, 9.17) is 4.74 Å². The van der Waals surface area contributed by atoms with Crippen LogP contribution >= 0.6 is 11.3 Å². The Morgan fingerprint density at radius 3 is 2.49 bits per heavy atom. The topological polar surface area (TPSA) is 77.3 Å². The van der Waals surface area contributed by atoms with Gasteiger partial charge in [0.2, 0.25) is 5.91 Å². The average molecular weight is 553 g/mol. The Morgan fingerprint density at radius 1 is 1.13 bits per heavy atom. The van der Waals surface area contributed by atoms with Crippen LogP contribution < -0.4 is 4.90 Å². The minimum absolute atomic E-state index is 0.0256. The molecule has 5 rings (SSSR count). The van der Waals surface area contributed by atoms with E-state index >= 15 is 0 Å². The van der Waals surface area contributed by atoms with Gasteiger partial charge in [-0.15, -0.1) is 11.3 Å². The van der Waals surface area contributed by atoms with Gasteiger partial charge in [0.15, 0.2) is 0 Å². The molecule has 0 N–H and O–H groups in total. The van der Waals surface area contributed by atoms with Gasteiger partial charge in [-0.1, -0.05) is 26.8 Å². The van der Waals surface area contributed by atoms with Gasteiger partial charge in [0.1, 0.15) is 17.5 Å². The molecule has 0 atom stereocenters. The highest BCUT2D eigenvalue weighted by atomic mass is 32.1. The summed E-state index contributed by atoms with van der Waals surface area (Å²) in [5, 5.41) is 4.29. The highest BCUT2D eigenvalue weighted by Crippen LogP contribution is 2.45. The second kappa shape index (κ2) is 11.9. The number of hydrogen-bond donors (Lipinski definition) is 0. The number of methoxy groups -OCH3 is 1. The number of ether oxygens (including phenoxy) is 1. The molecule has 3 aliphatic carbocycles. The first-order valence-corrected chi connectivity index (χ1v) is 15.6. The number of carbonyl (C=O) groups excluding carboxylic acids is 2. The number of anilines is 1. The molecule has 2 heterocycles. The third-order valence-electron chi connectivity index (χ3n) is 9.33. The largest absolute Gasteiger partial charge is 0.465 e. The molecule has 2 saturated carbocycles. The molecular weight excluding hydrogens is 508 g/mol. The predicted octanol–water partition coefficient (Wildman–Crippen LogP) is 7.14. The van der Waals surface area contributed by atoms with Gasteiger partial charge in [0, 0.05) is 23.4 Å². The Labute approximate surface area is 237 Å². The van der Waals surface area contributed by atoms with E-state index in [0.717, 1.165) is 87.7 Å². The van der Waals surface area contributed by atoms with Crippen molar-refractivity contribution in [2.45, 2.75) is 104 Å². The Kier molecular flexibility index (Phi) is 8.60. The number of nitrogens with zero attached hydrogens (tertiary/aromatic N) is 4. The lowest BCUT2D eigenvalue weighted by molar-refractivity contribution is -0.124. The molecule has 0 bridgehead atoms. The van der Waals surface area contributed by atoms with Crippen LogP contribution in [0.3, 0.4) is 0 Å². The SMILES string of the molecule is COC(=O)c1sc(C2=CCC(C)(C)CC2)cc1N(C(=O)C1CCC(C)CC1)C1CCC(Cn2cncn2)CC1. The van der Waals surface area contributed by atoms with Crippen LogP contribution in [0.15, 0.2) is 24.8 Å². The lowest BCUT2D eigenvalue weighted by Gasteiger charge is -2.39. The van der Waals surface area contributed by atoms with E-state index in [0.29, 0.717) is 22.1 Å². The maximum absolute atomic E-state index is 14.3. The monoisotopic (exact) mass is 552 g/mol. The number of allylic oxidation sites excluding steroid dienone is 2. The predicted molar refractivity (Wildman–Crippen MR) is 156 cm³/mol. The Hall–Kier alpha value is -2.48. The zero-order valence-electron chi connectivity index (χ0n) is 24.0. The molecule has 2 aromatic heterocycles. The lowest BCUT2D eigenvalue weighted by Crippen LogP contribution is -2.46. The van der Waals surface area contributed by atoms with Crippen LogP contribution in [0.25, 0.3) is 5.57 Å². The summed E-state index contributed by atoms with van der Waals surface area (Å²) in [6.45, 7) is 7.77. The molecule has 7 nitrogen and oxygen atoms in total. The van der Waals surface area contributed by atoms with Crippen LogP contribution in [0.2, 0.25) is 0 Å². The summed E-state index contributed by atoms with van der Waals surface area (Å²) in [4.78, 5) is 35.2. The second-order valence-electron chi connectivity index (χ2n) is 12.9. The van der Waals surface area contributed by atoms with Gasteiger partial charge in [-0.2, -0.15) is 5.10 Å². The van der Waals surface area contributed by atoms with Gasteiger partial charge in [-0.05, 0) is 99.5 Å². The molecule has 8 heteroatoms. The quantitative estimate of drug-likeness (QED) is 0.341. The number of rotatable bonds is 7. The smallest absolute Gasteiger partial charge is 0.350 e. The third kappa shape index (κ3) is 6.47. The molecule has 0 unspecified atom stereocenters. The Balaban J connectivity index is 1.45. The van der Waals surface area contributed by atoms with Crippen molar-refractivity contribution in [3.8, 4) is 0 Å². The zero-order chi connectivity index (χ0) is 27.6.